The van der Waals surface area contributed by atoms with Crippen molar-refractivity contribution in [3.05, 3.63) is 51.5 Å². The lowest BCUT2D eigenvalue weighted by atomic mass is 10.1. The highest BCUT2D eigenvalue weighted by Crippen LogP contribution is 2.29. The lowest BCUT2D eigenvalue weighted by Gasteiger charge is -2.16. The molecule has 2 amide bonds. The fourth-order valence-electron chi connectivity index (χ4n) is 2.13. The van der Waals surface area contributed by atoms with Gasteiger partial charge in [-0.1, -0.05) is 11.6 Å². The third-order valence-electron chi connectivity index (χ3n) is 3.37. The second-order valence-corrected chi connectivity index (χ2v) is 6.83. The molecular formula is C18H18BrClN2O3. The average Bonchev–Trinajstić information content (AvgIpc) is 2.52. The van der Waals surface area contributed by atoms with Crippen molar-refractivity contribution in [2.24, 2.45) is 0 Å². The molecule has 2 rings (SSSR count). The molecule has 132 valence electrons. The van der Waals surface area contributed by atoms with E-state index in [2.05, 4.69) is 26.6 Å². The molecular weight excluding hydrogens is 408 g/mol. The van der Waals surface area contributed by atoms with Crippen LogP contribution in [0.2, 0.25) is 5.02 Å². The summed E-state index contributed by atoms with van der Waals surface area (Å²) in [5.74, 6) is 0.105. The molecule has 0 spiro atoms. The average molecular weight is 426 g/mol. The Morgan fingerprint density at radius 2 is 1.88 bits per heavy atom. The highest BCUT2D eigenvalue weighted by molar-refractivity contribution is 9.10. The molecule has 0 saturated heterocycles. The number of ether oxygens (including phenoxy) is 1. The van der Waals surface area contributed by atoms with Crippen LogP contribution in [0, 0.1) is 6.92 Å². The number of aryl methyl sites for hydroxylation is 1. The number of nitrogens with one attached hydrogen (secondary N) is 2. The number of benzene rings is 2. The van der Waals surface area contributed by atoms with Gasteiger partial charge in [0.25, 0.3) is 5.91 Å². The van der Waals surface area contributed by atoms with Crippen molar-refractivity contribution in [1.82, 2.24) is 0 Å². The van der Waals surface area contributed by atoms with Crippen molar-refractivity contribution in [2.45, 2.75) is 26.9 Å². The van der Waals surface area contributed by atoms with E-state index >= 15 is 0 Å². The predicted molar refractivity (Wildman–Crippen MR) is 103 cm³/mol. The van der Waals surface area contributed by atoms with Gasteiger partial charge in [0, 0.05) is 23.3 Å². The largest absolute Gasteiger partial charge is 0.480 e. The van der Waals surface area contributed by atoms with Crippen LogP contribution in [-0.2, 0) is 9.59 Å². The molecule has 0 aliphatic carbocycles. The van der Waals surface area contributed by atoms with Crippen LogP contribution >= 0.6 is 27.5 Å². The van der Waals surface area contributed by atoms with Crippen molar-refractivity contribution in [2.75, 3.05) is 10.6 Å². The van der Waals surface area contributed by atoms with Crippen molar-refractivity contribution >= 4 is 50.7 Å². The minimum absolute atomic E-state index is 0.143. The van der Waals surface area contributed by atoms with Gasteiger partial charge in [0.1, 0.15) is 5.75 Å². The first-order chi connectivity index (χ1) is 11.8. The van der Waals surface area contributed by atoms with E-state index in [9.17, 15) is 9.59 Å². The summed E-state index contributed by atoms with van der Waals surface area (Å²) in [6.45, 7) is 4.96. The van der Waals surface area contributed by atoms with Gasteiger partial charge in [-0.25, -0.2) is 0 Å². The van der Waals surface area contributed by atoms with Gasteiger partial charge in [0.15, 0.2) is 6.10 Å². The van der Waals surface area contributed by atoms with E-state index in [0.29, 0.717) is 26.6 Å². The van der Waals surface area contributed by atoms with Gasteiger partial charge < -0.3 is 15.4 Å². The summed E-state index contributed by atoms with van der Waals surface area (Å²) in [5.41, 5.74) is 2.18. The van der Waals surface area contributed by atoms with E-state index in [1.54, 1.807) is 43.3 Å². The van der Waals surface area contributed by atoms with Crippen LogP contribution in [0.5, 0.6) is 5.75 Å². The molecule has 7 heteroatoms. The summed E-state index contributed by atoms with van der Waals surface area (Å²) >= 11 is 9.24. The van der Waals surface area contributed by atoms with Gasteiger partial charge in [0.05, 0.1) is 4.47 Å². The summed E-state index contributed by atoms with van der Waals surface area (Å²) in [4.78, 5) is 23.5. The number of halogens is 2. The molecule has 2 N–H and O–H groups in total. The molecule has 0 fully saturated rings. The number of hydrogen-bond acceptors (Lipinski definition) is 3. The molecule has 5 nitrogen and oxygen atoms in total. The van der Waals surface area contributed by atoms with E-state index in [4.69, 9.17) is 16.3 Å². The number of carbonyl (C=O) groups is 2. The van der Waals surface area contributed by atoms with Crippen LogP contribution in [0.15, 0.2) is 40.9 Å². The molecule has 2 aromatic rings. The highest BCUT2D eigenvalue weighted by atomic mass is 79.9. The summed E-state index contributed by atoms with van der Waals surface area (Å²) in [5, 5.41) is 6.10. The standard InChI is InChI=1S/C18H18BrClN2O3/c1-10-8-14(5-6-16(10)21-12(3)23)22-18(24)11(2)25-17-7-4-13(20)9-15(17)19/h4-9,11H,1-3H3,(H,21,23)(H,22,24). The maximum absolute atomic E-state index is 12.3. The first-order valence-corrected chi connectivity index (χ1v) is 8.74. The van der Waals surface area contributed by atoms with Gasteiger partial charge in [0.2, 0.25) is 5.91 Å². The second-order valence-electron chi connectivity index (χ2n) is 5.53. The Bertz CT molecular complexity index is 811. The molecule has 0 aliphatic rings. The zero-order chi connectivity index (χ0) is 18.6. The molecule has 2 aromatic carbocycles. The van der Waals surface area contributed by atoms with E-state index in [0.717, 1.165) is 5.56 Å². The zero-order valence-electron chi connectivity index (χ0n) is 14.0. The molecule has 1 atom stereocenters. The van der Waals surface area contributed by atoms with Crippen LogP contribution in [0.25, 0.3) is 0 Å². The minimum Gasteiger partial charge on any atom is -0.480 e. The molecule has 1 unspecified atom stereocenters. The zero-order valence-corrected chi connectivity index (χ0v) is 16.4. The lowest BCUT2D eigenvalue weighted by molar-refractivity contribution is -0.122. The lowest BCUT2D eigenvalue weighted by Crippen LogP contribution is -2.30. The first-order valence-electron chi connectivity index (χ1n) is 7.57. The molecule has 0 aliphatic heterocycles. The second kappa shape index (κ2) is 8.36. The van der Waals surface area contributed by atoms with Gasteiger partial charge in [-0.15, -0.1) is 0 Å². The number of rotatable bonds is 5. The molecule has 0 radical (unpaired) electrons. The Morgan fingerprint density at radius 3 is 2.48 bits per heavy atom. The summed E-state index contributed by atoms with van der Waals surface area (Å²) < 4.78 is 6.34. The van der Waals surface area contributed by atoms with Crippen LogP contribution in [0.3, 0.4) is 0 Å². The van der Waals surface area contributed by atoms with Crippen molar-refractivity contribution in [3.8, 4) is 5.75 Å². The van der Waals surface area contributed by atoms with Crippen molar-refractivity contribution < 1.29 is 14.3 Å². The van der Waals surface area contributed by atoms with Crippen LogP contribution < -0.4 is 15.4 Å². The number of hydrogen-bond donors (Lipinski definition) is 2. The van der Waals surface area contributed by atoms with E-state index < -0.39 is 6.10 Å². The van der Waals surface area contributed by atoms with Crippen LogP contribution in [0.1, 0.15) is 19.4 Å². The van der Waals surface area contributed by atoms with Crippen molar-refractivity contribution in [3.63, 3.8) is 0 Å². The highest BCUT2D eigenvalue weighted by Gasteiger charge is 2.16. The number of carbonyl (C=O) groups excluding carboxylic acids is 2. The normalized spacial score (nSPS) is 11.6. The Labute approximate surface area is 159 Å². The summed E-state index contributed by atoms with van der Waals surface area (Å²) in [6.07, 6.45) is -0.701. The third kappa shape index (κ3) is 5.47. The number of anilines is 2. The summed E-state index contributed by atoms with van der Waals surface area (Å²) in [7, 11) is 0. The smallest absolute Gasteiger partial charge is 0.265 e. The van der Waals surface area contributed by atoms with Gasteiger partial charge in [-0.3, -0.25) is 9.59 Å². The predicted octanol–water partition coefficient (Wildman–Crippen LogP) is 4.78. The maximum atomic E-state index is 12.3. The molecule has 0 aromatic heterocycles. The summed E-state index contributed by atoms with van der Waals surface area (Å²) in [6, 6.07) is 10.3. The Morgan fingerprint density at radius 1 is 1.16 bits per heavy atom. The topological polar surface area (TPSA) is 67.4 Å². The Hall–Kier alpha value is -2.05. The Balaban J connectivity index is 2.03. The van der Waals surface area contributed by atoms with Crippen LogP contribution in [0.4, 0.5) is 11.4 Å². The van der Waals surface area contributed by atoms with Gasteiger partial charge in [-0.05, 0) is 71.7 Å². The van der Waals surface area contributed by atoms with E-state index in [-0.39, 0.29) is 11.8 Å². The fourth-order valence-corrected chi connectivity index (χ4v) is 2.91. The molecule has 0 bridgehead atoms. The quantitative estimate of drug-likeness (QED) is 0.725. The maximum Gasteiger partial charge on any atom is 0.265 e. The fraction of sp³-hybridized carbons (Fsp3) is 0.222. The SMILES string of the molecule is CC(=O)Nc1ccc(NC(=O)C(C)Oc2ccc(Cl)cc2Br)cc1C. The molecule has 0 heterocycles. The van der Waals surface area contributed by atoms with E-state index in [1.165, 1.54) is 6.92 Å². The van der Waals surface area contributed by atoms with Crippen LogP contribution in [-0.4, -0.2) is 17.9 Å². The Kier molecular flexibility index (Phi) is 6.45. The van der Waals surface area contributed by atoms with Gasteiger partial charge in [-0.2, -0.15) is 0 Å². The number of amides is 2. The first kappa shape index (κ1) is 19.3. The molecule has 25 heavy (non-hydrogen) atoms. The minimum atomic E-state index is -0.701. The van der Waals surface area contributed by atoms with E-state index in [1.807, 2.05) is 6.92 Å². The van der Waals surface area contributed by atoms with Gasteiger partial charge >= 0.3 is 0 Å². The third-order valence-corrected chi connectivity index (χ3v) is 4.23. The monoisotopic (exact) mass is 424 g/mol. The van der Waals surface area contributed by atoms with Crippen molar-refractivity contribution in [1.29, 1.82) is 0 Å². The molecule has 0 saturated carbocycles.